The van der Waals surface area contributed by atoms with E-state index in [0.29, 0.717) is 16.5 Å². The molecule has 0 bridgehead atoms. The third-order valence-electron chi connectivity index (χ3n) is 7.50. The molecule has 2 aliphatic rings. The van der Waals surface area contributed by atoms with Crippen LogP contribution in [-0.2, 0) is 15.4 Å². The van der Waals surface area contributed by atoms with Crippen molar-refractivity contribution >= 4 is 21.4 Å². The van der Waals surface area contributed by atoms with Crippen molar-refractivity contribution < 1.29 is 8.42 Å². The number of benzene rings is 3. The van der Waals surface area contributed by atoms with E-state index in [1.54, 1.807) is 6.07 Å². The maximum absolute atomic E-state index is 13.3. The predicted molar refractivity (Wildman–Crippen MR) is 145 cm³/mol. The number of nitrogens with one attached hydrogen (secondary N) is 2. The van der Waals surface area contributed by atoms with Crippen LogP contribution >= 0.6 is 0 Å². The molecule has 1 aliphatic carbocycles. The van der Waals surface area contributed by atoms with Crippen molar-refractivity contribution in [3.63, 3.8) is 0 Å². The summed E-state index contributed by atoms with van der Waals surface area (Å²) < 4.78 is 29.5. The Labute approximate surface area is 209 Å². The standard InChI is InChI=1S/C30H34N2O2S/c1-19-8-6-9-20(2)28(19)32-35(33,34)23-16-17-27-26(18-23)24-10-7-11-25(24)29(31-27)21-12-14-22(15-13-21)30(3,4)5/h6-10,12-18,24-25,29,31-32H,11H2,1-5H3/t24-,25+,29+/m0/s1. The SMILES string of the molecule is Cc1cccc(C)c1NS(=O)(=O)c1ccc2c(c1)[C@H]1C=CC[C@H]1[C@@H](c1ccc(C(C)(C)C)cc1)N2. The Bertz CT molecular complexity index is 1380. The van der Waals surface area contributed by atoms with Gasteiger partial charge in [0, 0.05) is 11.6 Å². The van der Waals surface area contributed by atoms with Crippen LogP contribution in [-0.4, -0.2) is 8.42 Å². The Morgan fingerprint density at radius 2 is 1.63 bits per heavy atom. The molecule has 35 heavy (non-hydrogen) atoms. The van der Waals surface area contributed by atoms with E-state index in [4.69, 9.17) is 0 Å². The molecule has 3 aromatic carbocycles. The molecule has 3 aromatic rings. The average Bonchev–Trinajstić information content (AvgIpc) is 3.31. The van der Waals surface area contributed by atoms with Crippen LogP contribution in [0.4, 0.5) is 11.4 Å². The normalized spacial score (nSPS) is 21.2. The molecule has 0 saturated carbocycles. The minimum atomic E-state index is -3.71. The first kappa shape index (κ1) is 23.7. The summed E-state index contributed by atoms with van der Waals surface area (Å²) in [5.74, 6) is 0.543. The molecule has 0 saturated heterocycles. The van der Waals surface area contributed by atoms with Gasteiger partial charge in [-0.3, -0.25) is 4.72 Å². The van der Waals surface area contributed by atoms with E-state index in [1.165, 1.54) is 11.1 Å². The summed E-state index contributed by atoms with van der Waals surface area (Å²) in [6, 6.07) is 20.4. The van der Waals surface area contributed by atoms with Gasteiger partial charge in [0.1, 0.15) is 0 Å². The van der Waals surface area contributed by atoms with Gasteiger partial charge in [-0.2, -0.15) is 0 Å². The van der Waals surface area contributed by atoms with E-state index in [1.807, 2.05) is 44.2 Å². The molecule has 4 nitrogen and oxygen atoms in total. The maximum Gasteiger partial charge on any atom is 0.261 e. The summed E-state index contributed by atoms with van der Waals surface area (Å²) in [7, 11) is -3.71. The second-order valence-corrected chi connectivity index (χ2v) is 12.7. The first-order valence-electron chi connectivity index (χ1n) is 12.3. The monoisotopic (exact) mass is 486 g/mol. The summed E-state index contributed by atoms with van der Waals surface area (Å²) in [6.45, 7) is 10.5. The lowest BCUT2D eigenvalue weighted by Gasteiger charge is -2.38. The summed E-state index contributed by atoms with van der Waals surface area (Å²) in [6.07, 6.45) is 5.45. The number of hydrogen-bond acceptors (Lipinski definition) is 3. The number of allylic oxidation sites excluding steroid dienone is 2. The highest BCUT2D eigenvalue weighted by atomic mass is 32.2. The minimum absolute atomic E-state index is 0.120. The quantitative estimate of drug-likeness (QED) is 0.383. The van der Waals surface area contributed by atoms with E-state index in [2.05, 4.69) is 67.2 Å². The zero-order chi connectivity index (χ0) is 25.0. The Balaban J connectivity index is 1.47. The van der Waals surface area contributed by atoms with Gasteiger partial charge in [-0.1, -0.05) is 75.4 Å². The first-order valence-corrected chi connectivity index (χ1v) is 13.8. The average molecular weight is 487 g/mol. The van der Waals surface area contributed by atoms with Crippen molar-refractivity contribution in [1.29, 1.82) is 0 Å². The van der Waals surface area contributed by atoms with Crippen molar-refractivity contribution in [2.75, 3.05) is 10.0 Å². The smallest absolute Gasteiger partial charge is 0.261 e. The van der Waals surface area contributed by atoms with Gasteiger partial charge >= 0.3 is 0 Å². The van der Waals surface area contributed by atoms with Crippen LogP contribution in [0.2, 0.25) is 0 Å². The number of anilines is 2. The van der Waals surface area contributed by atoms with Crippen molar-refractivity contribution in [3.05, 3.63) is 101 Å². The van der Waals surface area contributed by atoms with Gasteiger partial charge in [0.2, 0.25) is 0 Å². The Kier molecular flexibility index (Phi) is 5.79. The van der Waals surface area contributed by atoms with Crippen molar-refractivity contribution in [3.8, 4) is 0 Å². The molecule has 0 fully saturated rings. The Morgan fingerprint density at radius 1 is 0.943 bits per heavy atom. The fraction of sp³-hybridized carbons (Fsp3) is 0.333. The van der Waals surface area contributed by atoms with Gasteiger partial charge in [0.15, 0.2) is 0 Å². The van der Waals surface area contributed by atoms with Crippen LogP contribution in [0.1, 0.15) is 67.0 Å². The lowest BCUT2D eigenvalue weighted by Crippen LogP contribution is -2.29. The van der Waals surface area contributed by atoms with Crippen LogP contribution in [0.25, 0.3) is 0 Å². The third-order valence-corrected chi connectivity index (χ3v) is 8.85. The molecule has 0 amide bonds. The largest absolute Gasteiger partial charge is 0.378 e. The van der Waals surface area contributed by atoms with Gasteiger partial charge in [0.25, 0.3) is 10.0 Å². The number of para-hydroxylation sites is 1. The minimum Gasteiger partial charge on any atom is -0.378 e. The van der Waals surface area contributed by atoms with Gasteiger partial charge in [-0.25, -0.2) is 8.42 Å². The van der Waals surface area contributed by atoms with Gasteiger partial charge < -0.3 is 5.32 Å². The molecule has 3 atom stereocenters. The molecular weight excluding hydrogens is 452 g/mol. The fourth-order valence-corrected chi connectivity index (χ4v) is 6.67. The topological polar surface area (TPSA) is 58.2 Å². The van der Waals surface area contributed by atoms with Crippen LogP contribution in [0.15, 0.2) is 77.7 Å². The first-order chi connectivity index (χ1) is 16.5. The number of fused-ring (bicyclic) bond motifs is 3. The molecule has 0 radical (unpaired) electrons. The van der Waals surface area contributed by atoms with E-state index in [9.17, 15) is 8.42 Å². The van der Waals surface area contributed by atoms with E-state index >= 15 is 0 Å². The molecule has 1 heterocycles. The molecule has 1 aliphatic heterocycles. The molecule has 5 rings (SSSR count). The predicted octanol–water partition coefficient (Wildman–Crippen LogP) is 7.23. The summed E-state index contributed by atoms with van der Waals surface area (Å²) in [4.78, 5) is 0.299. The van der Waals surface area contributed by atoms with E-state index in [-0.39, 0.29) is 17.4 Å². The van der Waals surface area contributed by atoms with Crippen LogP contribution in [0.3, 0.4) is 0 Å². The molecule has 5 heteroatoms. The number of rotatable bonds is 4. The van der Waals surface area contributed by atoms with Crippen LogP contribution in [0.5, 0.6) is 0 Å². The molecule has 0 spiro atoms. The second kappa shape index (κ2) is 8.56. The molecule has 2 N–H and O–H groups in total. The molecule has 0 unspecified atom stereocenters. The van der Waals surface area contributed by atoms with Crippen LogP contribution in [0, 0.1) is 19.8 Å². The van der Waals surface area contributed by atoms with Gasteiger partial charge in [0.05, 0.1) is 16.6 Å². The van der Waals surface area contributed by atoms with E-state index in [0.717, 1.165) is 28.8 Å². The van der Waals surface area contributed by atoms with Gasteiger partial charge in [-0.15, -0.1) is 0 Å². The van der Waals surface area contributed by atoms with Crippen LogP contribution < -0.4 is 10.0 Å². The Morgan fingerprint density at radius 3 is 2.29 bits per heavy atom. The zero-order valence-corrected chi connectivity index (χ0v) is 21.9. The van der Waals surface area contributed by atoms with Crippen molar-refractivity contribution in [2.45, 2.75) is 63.3 Å². The molecule has 182 valence electrons. The second-order valence-electron chi connectivity index (χ2n) is 11.0. The zero-order valence-electron chi connectivity index (χ0n) is 21.1. The molecular formula is C30H34N2O2S. The van der Waals surface area contributed by atoms with Crippen molar-refractivity contribution in [1.82, 2.24) is 0 Å². The lowest BCUT2D eigenvalue weighted by atomic mass is 9.76. The highest BCUT2D eigenvalue weighted by molar-refractivity contribution is 7.92. The highest BCUT2D eigenvalue weighted by Crippen LogP contribution is 2.50. The summed E-state index contributed by atoms with van der Waals surface area (Å²) in [5, 5.41) is 3.73. The number of aryl methyl sites for hydroxylation is 2. The Hall–Kier alpha value is -3.05. The lowest BCUT2D eigenvalue weighted by molar-refractivity contribution is 0.425. The molecule has 0 aromatic heterocycles. The third kappa shape index (κ3) is 4.38. The summed E-state index contributed by atoms with van der Waals surface area (Å²) in [5.41, 5.74) is 7.25. The van der Waals surface area contributed by atoms with Gasteiger partial charge in [-0.05, 0) is 77.6 Å². The fourth-order valence-electron chi connectivity index (χ4n) is 5.43. The summed E-state index contributed by atoms with van der Waals surface area (Å²) >= 11 is 0. The van der Waals surface area contributed by atoms with Crippen molar-refractivity contribution in [2.24, 2.45) is 5.92 Å². The maximum atomic E-state index is 13.3. The van der Waals surface area contributed by atoms with E-state index < -0.39 is 10.0 Å². The number of sulfonamides is 1. The number of hydrogen-bond donors (Lipinski definition) is 2. The highest BCUT2D eigenvalue weighted by Gasteiger charge is 2.38.